The van der Waals surface area contributed by atoms with E-state index in [1.165, 1.54) is 18.4 Å². The van der Waals surface area contributed by atoms with E-state index in [0.717, 1.165) is 22.6 Å². The van der Waals surface area contributed by atoms with E-state index in [1.807, 2.05) is 6.07 Å². The molecule has 1 saturated heterocycles. The van der Waals surface area contributed by atoms with Gasteiger partial charge in [-0.05, 0) is 12.1 Å². The summed E-state index contributed by atoms with van der Waals surface area (Å²) in [6.45, 7) is 1.13. The molecule has 2 bridgehead atoms. The molecule has 4 heterocycles. The number of thiazole rings is 1. The molecule has 2 aromatic heterocycles. The first-order chi connectivity index (χ1) is 13.6. The van der Waals surface area contributed by atoms with Crippen LogP contribution >= 0.6 is 11.3 Å². The molecule has 28 heavy (non-hydrogen) atoms. The number of rotatable bonds is 3. The Bertz CT molecular complexity index is 1050. The van der Waals surface area contributed by atoms with Crippen molar-refractivity contribution in [1.29, 1.82) is 0 Å². The van der Waals surface area contributed by atoms with Crippen LogP contribution in [0.5, 0.6) is 0 Å². The smallest absolute Gasteiger partial charge is 0.337 e. The number of morpholine rings is 1. The van der Waals surface area contributed by atoms with Crippen molar-refractivity contribution in [2.24, 2.45) is 0 Å². The van der Waals surface area contributed by atoms with Gasteiger partial charge in [0.05, 0.1) is 54.7 Å². The Morgan fingerprint density at radius 3 is 3.14 bits per heavy atom. The van der Waals surface area contributed by atoms with E-state index in [9.17, 15) is 4.79 Å². The number of nitrogens with two attached hydrogens (primary N) is 1. The van der Waals surface area contributed by atoms with Gasteiger partial charge < -0.3 is 24.5 Å². The summed E-state index contributed by atoms with van der Waals surface area (Å²) in [5.74, 6) is 0.203. The number of carbonyl (C=O) groups excluding carboxylic acids is 1. The van der Waals surface area contributed by atoms with Gasteiger partial charge in [0, 0.05) is 12.0 Å². The summed E-state index contributed by atoms with van der Waals surface area (Å²) in [4.78, 5) is 24.1. The van der Waals surface area contributed by atoms with Crippen LogP contribution < -0.4 is 10.6 Å². The highest BCUT2D eigenvalue weighted by Crippen LogP contribution is 2.43. The first kappa shape index (κ1) is 17.2. The lowest BCUT2D eigenvalue weighted by molar-refractivity contribution is 0.0578. The molecule has 0 unspecified atom stereocenters. The fraction of sp³-hybridized carbons (Fsp3) is 0.316. The molecule has 2 N–H and O–H groups in total. The average molecular weight is 398 g/mol. The van der Waals surface area contributed by atoms with Crippen LogP contribution in [0.25, 0.3) is 11.3 Å². The van der Waals surface area contributed by atoms with Crippen molar-refractivity contribution in [3.63, 3.8) is 0 Å². The lowest BCUT2D eigenvalue weighted by atomic mass is 9.97. The number of anilines is 2. The van der Waals surface area contributed by atoms with Gasteiger partial charge in [-0.3, -0.25) is 0 Å². The number of methoxy groups -OCH3 is 1. The minimum atomic E-state index is -0.389. The Balaban J connectivity index is 1.49. The fourth-order valence-corrected chi connectivity index (χ4v) is 4.77. The maximum Gasteiger partial charge on any atom is 0.337 e. The lowest BCUT2D eigenvalue weighted by Crippen LogP contribution is -2.51. The second-order valence-corrected chi connectivity index (χ2v) is 7.82. The van der Waals surface area contributed by atoms with Crippen LogP contribution in [-0.4, -0.2) is 42.3 Å². The molecule has 3 aromatic rings. The van der Waals surface area contributed by atoms with E-state index in [-0.39, 0.29) is 18.1 Å². The lowest BCUT2D eigenvalue weighted by Gasteiger charge is -2.43. The summed E-state index contributed by atoms with van der Waals surface area (Å²) in [6.07, 6.45) is 2.42. The Hall–Kier alpha value is -2.91. The third-order valence-electron chi connectivity index (χ3n) is 5.07. The first-order valence-corrected chi connectivity index (χ1v) is 9.71. The Labute approximate surface area is 164 Å². The van der Waals surface area contributed by atoms with Crippen molar-refractivity contribution in [3.05, 3.63) is 46.6 Å². The number of hydrogen-bond donors (Lipinski definition) is 1. The molecule has 0 amide bonds. The second-order valence-electron chi connectivity index (χ2n) is 6.76. The Morgan fingerprint density at radius 1 is 1.39 bits per heavy atom. The number of nitrogen functional groups attached to an aromatic ring is 1. The number of hydrogen-bond acceptors (Lipinski definition) is 9. The highest BCUT2D eigenvalue weighted by molar-refractivity contribution is 7.15. The Kier molecular flexibility index (Phi) is 4.06. The molecule has 144 valence electrons. The largest absolute Gasteiger partial charge is 0.465 e. The van der Waals surface area contributed by atoms with E-state index >= 15 is 0 Å². The van der Waals surface area contributed by atoms with E-state index in [0.29, 0.717) is 35.7 Å². The number of carbonyl (C=O) groups is 1. The van der Waals surface area contributed by atoms with Crippen LogP contribution in [0.3, 0.4) is 0 Å². The van der Waals surface area contributed by atoms with Gasteiger partial charge in [0.2, 0.25) is 0 Å². The van der Waals surface area contributed by atoms with Gasteiger partial charge in [-0.15, -0.1) is 0 Å². The zero-order valence-electron chi connectivity index (χ0n) is 15.1. The van der Waals surface area contributed by atoms with E-state index in [1.54, 1.807) is 24.4 Å². The van der Waals surface area contributed by atoms with Crippen molar-refractivity contribution in [2.45, 2.75) is 18.5 Å². The zero-order valence-corrected chi connectivity index (χ0v) is 15.9. The number of ether oxygens (including phenoxy) is 2. The summed E-state index contributed by atoms with van der Waals surface area (Å²) >= 11 is 1.49. The van der Waals surface area contributed by atoms with E-state index < -0.39 is 0 Å². The van der Waals surface area contributed by atoms with Crippen molar-refractivity contribution in [2.75, 3.05) is 31.0 Å². The molecule has 0 spiro atoms. The molecule has 0 saturated carbocycles. The standard InChI is InChI=1S/C19H18N4O4S/c1-25-17(24)11-4-2-3-10(5-11)15-7-21-19(27-15)23-12-6-13-16(28-18(20)22-13)14(23)9-26-8-12/h2-5,7,12,14H,6,8-9H2,1H3,(H2,20,22)/t12-,14-/m0/s1. The van der Waals surface area contributed by atoms with Gasteiger partial charge in [-0.2, -0.15) is 0 Å². The van der Waals surface area contributed by atoms with Crippen LogP contribution in [0.2, 0.25) is 0 Å². The van der Waals surface area contributed by atoms with Crippen LogP contribution in [0.1, 0.15) is 27.0 Å². The van der Waals surface area contributed by atoms with Crippen molar-refractivity contribution in [1.82, 2.24) is 9.97 Å². The van der Waals surface area contributed by atoms with E-state index in [4.69, 9.17) is 19.6 Å². The zero-order chi connectivity index (χ0) is 19.3. The van der Waals surface area contributed by atoms with Gasteiger partial charge in [0.15, 0.2) is 10.9 Å². The monoisotopic (exact) mass is 398 g/mol. The molecule has 9 heteroatoms. The third kappa shape index (κ3) is 2.74. The van der Waals surface area contributed by atoms with Crippen LogP contribution in [-0.2, 0) is 15.9 Å². The van der Waals surface area contributed by atoms with Crippen molar-refractivity contribution >= 4 is 28.5 Å². The predicted molar refractivity (Wildman–Crippen MR) is 103 cm³/mol. The maximum absolute atomic E-state index is 11.8. The predicted octanol–water partition coefficient (Wildman–Crippen LogP) is 2.67. The number of oxazole rings is 1. The van der Waals surface area contributed by atoms with Gasteiger partial charge >= 0.3 is 5.97 Å². The summed E-state index contributed by atoms with van der Waals surface area (Å²) in [6, 6.07) is 7.73. The van der Waals surface area contributed by atoms with Crippen molar-refractivity contribution < 1.29 is 18.7 Å². The minimum Gasteiger partial charge on any atom is -0.465 e. The summed E-state index contributed by atoms with van der Waals surface area (Å²) in [5, 5.41) is 0.574. The molecular weight excluding hydrogens is 380 g/mol. The van der Waals surface area contributed by atoms with Gasteiger partial charge in [0.25, 0.3) is 6.01 Å². The maximum atomic E-state index is 11.8. The molecule has 0 radical (unpaired) electrons. The summed E-state index contributed by atoms with van der Waals surface area (Å²) < 4.78 is 16.7. The number of benzene rings is 1. The molecule has 1 aromatic carbocycles. The normalized spacial score (nSPS) is 20.7. The van der Waals surface area contributed by atoms with Gasteiger partial charge in [-0.1, -0.05) is 23.5 Å². The third-order valence-corrected chi connectivity index (χ3v) is 6.10. The quantitative estimate of drug-likeness (QED) is 0.672. The van der Waals surface area contributed by atoms with Crippen LogP contribution in [0.15, 0.2) is 34.9 Å². The van der Waals surface area contributed by atoms with Crippen molar-refractivity contribution in [3.8, 4) is 11.3 Å². The average Bonchev–Trinajstić information content (AvgIpc) is 3.33. The van der Waals surface area contributed by atoms with Crippen LogP contribution in [0.4, 0.5) is 11.1 Å². The Morgan fingerprint density at radius 2 is 2.29 bits per heavy atom. The summed E-state index contributed by atoms with van der Waals surface area (Å²) in [7, 11) is 1.36. The molecule has 1 fully saturated rings. The van der Waals surface area contributed by atoms with E-state index in [2.05, 4.69) is 14.9 Å². The van der Waals surface area contributed by atoms with Gasteiger partial charge in [-0.25, -0.2) is 14.8 Å². The van der Waals surface area contributed by atoms with Crippen LogP contribution in [0, 0.1) is 0 Å². The number of fused-ring (bicyclic) bond motifs is 4. The van der Waals surface area contributed by atoms with Gasteiger partial charge in [0.1, 0.15) is 0 Å². The molecule has 0 aliphatic carbocycles. The topological polar surface area (TPSA) is 104 Å². The molecule has 2 atom stereocenters. The minimum absolute atomic E-state index is 0.00907. The first-order valence-electron chi connectivity index (χ1n) is 8.90. The highest BCUT2D eigenvalue weighted by atomic mass is 32.1. The highest BCUT2D eigenvalue weighted by Gasteiger charge is 2.42. The number of aromatic nitrogens is 2. The fourth-order valence-electron chi connectivity index (χ4n) is 3.83. The molecule has 5 rings (SSSR count). The molecule has 2 aliphatic heterocycles. The number of esters is 1. The SMILES string of the molecule is COC(=O)c1cccc(-c2cnc(N3[C@@H]4COC[C@H]3c3sc(N)nc3C4)o2)c1. The summed E-state index contributed by atoms with van der Waals surface area (Å²) in [5.41, 5.74) is 8.21. The molecule has 8 nitrogen and oxygen atoms in total. The molecular formula is C19H18N4O4S. The number of nitrogens with zero attached hydrogens (tertiary/aromatic N) is 3. The molecule has 2 aliphatic rings. The second kappa shape index (κ2) is 6.61.